The molecule has 144 valence electrons. The average Bonchev–Trinajstić information content (AvgIpc) is 2.59. The molecule has 1 aromatic carbocycles. The van der Waals surface area contributed by atoms with Crippen LogP contribution in [0.25, 0.3) is 0 Å². The zero-order valence-corrected chi connectivity index (χ0v) is 16.0. The number of nitrogens with zero attached hydrogens (tertiary/aromatic N) is 2. The van der Waals surface area contributed by atoms with Gasteiger partial charge in [0.15, 0.2) is 24.0 Å². The molecule has 1 aromatic heterocycles. The van der Waals surface area contributed by atoms with E-state index in [4.69, 9.17) is 9.47 Å². The molecule has 0 atom stereocenters. The third-order valence-corrected chi connectivity index (χ3v) is 3.60. The van der Waals surface area contributed by atoms with Gasteiger partial charge < -0.3 is 14.8 Å². The highest BCUT2D eigenvalue weighted by Crippen LogP contribution is 2.25. The first-order chi connectivity index (χ1) is 12.7. The fraction of sp³-hybridized carbons (Fsp3) is 0.294. The van der Waals surface area contributed by atoms with E-state index >= 15 is 0 Å². The topological polar surface area (TPSA) is 90.4 Å². The first-order valence-electron chi connectivity index (χ1n) is 7.69. The normalized spacial score (nSPS) is 11.0. The van der Waals surface area contributed by atoms with Crippen LogP contribution in [0.15, 0.2) is 35.2 Å². The molecule has 0 aliphatic rings. The van der Waals surface area contributed by atoms with Crippen molar-refractivity contribution in [3.63, 3.8) is 0 Å². The van der Waals surface area contributed by atoms with Gasteiger partial charge in [0.05, 0.1) is 11.7 Å². The standard InChI is InChI=1S/C17H16BrF2N3O4/c1-17(2,23-16(25)13-7-21-3-4-22-13)9-27-14(24)8-26-15-11(19)5-10(18)6-12(15)20/h3-7H,8-9H2,1-2H3,(H,23,25). The summed E-state index contributed by atoms with van der Waals surface area (Å²) >= 11 is 2.94. The van der Waals surface area contributed by atoms with Crippen molar-refractivity contribution in [1.29, 1.82) is 0 Å². The summed E-state index contributed by atoms with van der Waals surface area (Å²) in [5.41, 5.74) is -0.806. The van der Waals surface area contributed by atoms with Crippen LogP contribution < -0.4 is 10.1 Å². The number of aromatic nitrogens is 2. The lowest BCUT2D eigenvalue weighted by Gasteiger charge is -2.25. The Labute approximate surface area is 162 Å². The zero-order chi connectivity index (χ0) is 20.0. The molecular formula is C17H16BrF2N3O4. The molecule has 10 heteroatoms. The van der Waals surface area contributed by atoms with Crippen molar-refractivity contribution in [3.8, 4) is 5.75 Å². The van der Waals surface area contributed by atoms with Gasteiger partial charge in [-0.1, -0.05) is 15.9 Å². The van der Waals surface area contributed by atoms with Crippen LogP contribution in [0.1, 0.15) is 24.3 Å². The van der Waals surface area contributed by atoms with Gasteiger partial charge in [0.1, 0.15) is 12.3 Å². The number of halogens is 3. The lowest BCUT2D eigenvalue weighted by atomic mass is 10.1. The first kappa shape index (κ1) is 20.7. The number of nitrogens with one attached hydrogen (secondary N) is 1. The number of hydrogen-bond donors (Lipinski definition) is 1. The Morgan fingerprint density at radius 1 is 1.22 bits per heavy atom. The minimum Gasteiger partial charge on any atom is -0.476 e. The molecule has 0 fully saturated rings. The highest BCUT2D eigenvalue weighted by atomic mass is 79.9. The predicted octanol–water partition coefficient (Wildman–Crippen LogP) is 2.65. The monoisotopic (exact) mass is 443 g/mol. The molecule has 1 amide bonds. The number of esters is 1. The van der Waals surface area contributed by atoms with Gasteiger partial charge in [-0.2, -0.15) is 0 Å². The Bertz CT molecular complexity index is 811. The molecule has 7 nitrogen and oxygen atoms in total. The molecular weight excluding hydrogens is 428 g/mol. The van der Waals surface area contributed by atoms with Crippen LogP contribution in [0.5, 0.6) is 5.75 Å². The van der Waals surface area contributed by atoms with Crippen LogP contribution in [-0.2, 0) is 9.53 Å². The molecule has 1 heterocycles. The second-order valence-electron chi connectivity index (χ2n) is 6.08. The minimum absolute atomic E-state index is 0.112. The third kappa shape index (κ3) is 6.24. The Morgan fingerprint density at radius 2 is 1.89 bits per heavy atom. The molecule has 2 aromatic rings. The molecule has 1 N–H and O–H groups in total. The van der Waals surface area contributed by atoms with E-state index in [-0.39, 0.29) is 16.8 Å². The number of hydrogen-bond acceptors (Lipinski definition) is 6. The molecule has 0 saturated heterocycles. The van der Waals surface area contributed by atoms with E-state index in [1.165, 1.54) is 18.6 Å². The van der Waals surface area contributed by atoms with Crippen molar-refractivity contribution in [2.45, 2.75) is 19.4 Å². The van der Waals surface area contributed by atoms with Gasteiger partial charge >= 0.3 is 5.97 Å². The largest absolute Gasteiger partial charge is 0.476 e. The second-order valence-corrected chi connectivity index (χ2v) is 6.99. The van der Waals surface area contributed by atoms with E-state index in [1.54, 1.807) is 13.8 Å². The summed E-state index contributed by atoms with van der Waals surface area (Å²) in [6, 6.07) is 2.02. The average molecular weight is 444 g/mol. The predicted molar refractivity (Wildman–Crippen MR) is 94.1 cm³/mol. The maximum absolute atomic E-state index is 13.6. The summed E-state index contributed by atoms with van der Waals surface area (Å²) in [5.74, 6) is -3.92. The SMILES string of the molecule is CC(C)(COC(=O)COc1c(F)cc(Br)cc1F)NC(=O)c1cnccn1. The van der Waals surface area contributed by atoms with Crippen molar-refractivity contribution in [2.75, 3.05) is 13.2 Å². The van der Waals surface area contributed by atoms with Crippen molar-refractivity contribution in [3.05, 3.63) is 52.5 Å². The van der Waals surface area contributed by atoms with Gasteiger partial charge in [-0.3, -0.25) is 9.78 Å². The summed E-state index contributed by atoms with van der Waals surface area (Å²) in [6.07, 6.45) is 4.10. The van der Waals surface area contributed by atoms with Gasteiger partial charge in [0, 0.05) is 16.9 Å². The van der Waals surface area contributed by atoms with Crippen LogP contribution in [-0.4, -0.2) is 40.6 Å². The first-order valence-corrected chi connectivity index (χ1v) is 8.49. The number of carbonyl (C=O) groups is 2. The number of carbonyl (C=O) groups excluding carboxylic acids is 2. The van der Waals surface area contributed by atoms with Crippen LogP contribution in [0.3, 0.4) is 0 Å². The maximum atomic E-state index is 13.6. The summed E-state index contributed by atoms with van der Waals surface area (Å²) in [4.78, 5) is 31.5. The Hall–Kier alpha value is -2.62. The lowest BCUT2D eigenvalue weighted by Crippen LogP contribution is -2.47. The van der Waals surface area contributed by atoms with Crippen LogP contribution in [0.4, 0.5) is 8.78 Å². The van der Waals surface area contributed by atoms with Gasteiger partial charge in [0.2, 0.25) is 0 Å². The molecule has 0 aliphatic carbocycles. The van der Waals surface area contributed by atoms with E-state index < -0.39 is 41.4 Å². The fourth-order valence-electron chi connectivity index (χ4n) is 1.92. The smallest absolute Gasteiger partial charge is 0.344 e. The molecule has 0 aliphatic heterocycles. The van der Waals surface area contributed by atoms with Crippen LogP contribution >= 0.6 is 15.9 Å². The Kier molecular flexibility index (Phi) is 6.78. The van der Waals surface area contributed by atoms with Crippen LogP contribution in [0.2, 0.25) is 0 Å². The number of ether oxygens (including phenoxy) is 2. The highest BCUT2D eigenvalue weighted by Gasteiger charge is 2.24. The molecule has 0 spiro atoms. The van der Waals surface area contributed by atoms with Crippen molar-refractivity contribution in [1.82, 2.24) is 15.3 Å². The van der Waals surface area contributed by atoms with E-state index in [2.05, 4.69) is 31.2 Å². The van der Waals surface area contributed by atoms with E-state index in [0.717, 1.165) is 12.1 Å². The van der Waals surface area contributed by atoms with Crippen LogP contribution in [0, 0.1) is 11.6 Å². The van der Waals surface area contributed by atoms with Gasteiger partial charge in [0.25, 0.3) is 5.91 Å². The Balaban J connectivity index is 1.85. The maximum Gasteiger partial charge on any atom is 0.344 e. The zero-order valence-electron chi connectivity index (χ0n) is 14.5. The third-order valence-electron chi connectivity index (χ3n) is 3.14. The molecule has 0 bridgehead atoms. The number of rotatable bonds is 7. The van der Waals surface area contributed by atoms with Crippen molar-refractivity contribution >= 4 is 27.8 Å². The molecule has 2 rings (SSSR count). The minimum atomic E-state index is -0.953. The van der Waals surface area contributed by atoms with Gasteiger partial charge in [-0.25, -0.2) is 18.6 Å². The van der Waals surface area contributed by atoms with E-state index in [9.17, 15) is 18.4 Å². The summed E-state index contributed by atoms with van der Waals surface area (Å²) in [6.45, 7) is 2.38. The fourth-order valence-corrected chi connectivity index (χ4v) is 2.33. The van der Waals surface area contributed by atoms with Crippen molar-refractivity contribution < 1.29 is 27.8 Å². The molecule has 27 heavy (non-hydrogen) atoms. The number of benzene rings is 1. The summed E-state index contributed by atoms with van der Waals surface area (Å²) in [5, 5.41) is 2.64. The molecule has 0 unspecified atom stereocenters. The second kappa shape index (κ2) is 8.85. The number of amides is 1. The highest BCUT2D eigenvalue weighted by molar-refractivity contribution is 9.10. The van der Waals surface area contributed by atoms with E-state index in [1.807, 2.05) is 0 Å². The van der Waals surface area contributed by atoms with E-state index in [0.29, 0.717) is 0 Å². The van der Waals surface area contributed by atoms with Gasteiger partial charge in [-0.05, 0) is 26.0 Å². The molecule has 0 saturated carbocycles. The molecule has 0 radical (unpaired) electrons. The summed E-state index contributed by atoms with van der Waals surface area (Å²) < 4.78 is 37.3. The summed E-state index contributed by atoms with van der Waals surface area (Å²) in [7, 11) is 0. The quantitative estimate of drug-likeness (QED) is 0.661. The van der Waals surface area contributed by atoms with Crippen molar-refractivity contribution in [2.24, 2.45) is 0 Å². The van der Waals surface area contributed by atoms with Gasteiger partial charge in [-0.15, -0.1) is 0 Å². The Morgan fingerprint density at radius 3 is 2.48 bits per heavy atom. The lowest BCUT2D eigenvalue weighted by molar-refractivity contribution is -0.147.